The molecule has 1 saturated carbocycles. The van der Waals surface area contributed by atoms with Crippen LogP contribution in [0.1, 0.15) is 24.3 Å². The maximum absolute atomic E-state index is 11.0. The standard InChI is InChI=1S/C12H15NO3/c13-7-11(12(14)15)8-2-1-3-10(6-8)16-9-4-5-9/h1-3,6,9,11H,4-5,7,13H2,(H,14,15). The number of hydrogen-bond donors (Lipinski definition) is 2. The van der Waals surface area contributed by atoms with Crippen molar-refractivity contribution in [3.05, 3.63) is 29.8 Å². The van der Waals surface area contributed by atoms with Gasteiger partial charge in [-0.05, 0) is 30.5 Å². The molecule has 4 heteroatoms. The minimum Gasteiger partial charge on any atom is -0.490 e. The number of nitrogens with two attached hydrogens (primary N) is 1. The van der Waals surface area contributed by atoms with Crippen LogP contribution in [0.5, 0.6) is 5.75 Å². The topological polar surface area (TPSA) is 72.6 Å². The first kappa shape index (κ1) is 11.0. The first-order valence-electron chi connectivity index (χ1n) is 5.40. The first-order valence-corrected chi connectivity index (χ1v) is 5.40. The summed E-state index contributed by atoms with van der Waals surface area (Å²) in [7, 11) is 0. The van der Waals surface area contributed by atoms with E-state index in [1.165, 1.54) is 0 Å². The first-order chi connectivity index (χ1) is 7.70. The smallest absolute Gasteiger partial charge is 0.312 e. The van der Waals surface area contributed by atoms with Gasteiger partial charge in [-0.2, -0.15) is 0 Å². The molecule has 0 aromatic heterocycles. The van der Waals surface area contributed by atoms with Gasteiger partial charge in [-0.3, -0.25) is 4.79 Å². The van der Waals surface area contributed by atoms with Crippen molar-refractivity contribution >= 4 is 5.97 Å². The third-order valence-corrected chi connectivity index (χ3v) is 2.62. The Labute approximate surface area is 94.0 Å². The minimum absolute atomic E-state index is 0.0994. The van der Waals surface area contributed by atoms with E-state index < -0.39 is 11.9 Å². The van der Waals surface area contributed by atoms with Crippen LogP contribution in [0.2, 0.25) is 0 Å². The van der Waals surface area contributed by atoms with Gasteiger partial charge in [0.15, 0.2) is 0 Å². The number of carboxylic acid groups (broad SMARTS) is 1. The predicted molar refractivity (Wildman–Crippen MR) is 59.5 cm³/mol. The van der Waals surface area contributed by atoms with Gasteiger partial charge in [0, 0.05) is 6.54 Å². The molecule has 1 aliphatic carbocycles. The van der Waals surface area contributed by atoms with Crippen molar-refractivity contribution in [1.82, 2.24) is 0 Å². The Morgan fingerprint density at radius 2 is 2.31 bits per heavy atom. The fourth-order valence-corrected chi connectivity index (χ4v) is 1.56. The van der Waals surface area contributed by atoms with Crippen LogP contribution in [0.4, 0.5) is 0 Å². The number of carbonyl (C=O) groups is 1. The van der Waals surface area contributed by atoms with E-state index in [0.717, 1.165) is 18.6 Å². The highest BCUT2D eigenvalue weighted by molar-refractivity contribution is 5.76. The number of rotatable bonds is 5. The van der Waals surface area contributed by atoms with Crippen LogP contribution in [-0.2, 0) is 4.79 Å². The Kier molecular flexibility index (Phi) is 3.10. The van der Waals surface area contributed by atoms with Crippen LogP contribution >= 0.6 is 0 Å². The molecule has 4 nitrogen and oxygen atoms in total. The lowest BCUT2D eigenvalue weighted by Crippen LogP contribution is -2.21. The van der Waals surface area contributed by atoms with Crippen molar-refractivity contribution < 1.29 is 14.6 Å². The third-order valence-electron chi connectivity index (χ3n) is 2.62. The molecule has 0 spiro atoms. The number of hydrogen-bond acceptors (Lipinski definition) is 3. The highest BCUT2D eigenvalue weighted by atomic mass is 16.5. The summed E-state index contributed by atoms with van der Waals surface area (Å²) in [6.07, 6.45) is 2.49. The molecule has 1 aromatic rings. The minimum atomic E-state index is -0.897. The van der Waals surface area contributed by atoms with Gasteiger partial charge in [-0.15, -0.1) is 0 Å². The quantitative estimate of drug-likeness (QED) is 0.787. The molecule has 86 valence electrons. The maximum atomic E-state index is 11.0. The lowest BCUT2D eigenvalue weighted by molar-refractivity contribution is -0.138. The number of benzene rings is 1. The number of ether oxygens (including phenoxy) is 1. The Morgan fingerprint density at radius 3 is 2.88 bits per heavy atom. The second kappa shape index (κ2) is 4.53. The van der Waals surface area contributed by atoms with Gasteiger partial charge in [0.25, 0.3) is 0 Å². The van der Waals surface area contributed by atoms with Gasteiger partial charge in [0.1, 0.15) is 5.75 Å². The van der Waals surface area contributed by atoms with Gasteiger partial charge in [-0.1, -0.05) is 12.1 Å². The van der Waals surface area contributed by atoms with Gasteiger partial charge >= 0.3 is 5.97 Å². The largest absolute Gasteiger partial charge is 0.490 e. The number of carboxylic acids is 1. The fraction of sp³-hybridized carbons (Fsp3) is 0.417. The molecule has 0 bridgehead atoms. The van der Waals surface area contributed by atoms with Crippen molar-refractivity contribution in [1.29, 1.82) is 0 Å². The van der Waals surface area contributed by atoms with Gasteiger partial charge in [0.2, 0.25) is 0 Å². The van der Waals surface area contributed by atoms with Crippen molar-refractivity contribution in [2.75, 3.05) is 6.54 Å². The summed E-state index contributed by atoms with van der Waals surface area (Å²) >= 11 is 0. The predicted octanol–water partition coefficient (Wildman–Crippen LogP) is 1.35. The zero-order valence-corrected chi connectivity index (χ0v) is 8.93. The zero-order chi connectivity index (χ0) is 11.5. The van der Waals surface area contributed by atoms with Crippen LogP contribution in [0, 0.1) is 0 Å². The highest BCUT2D eigenvalue weighted by Gasteiger charge is 2.24. The monoisotopic (exact) mass is 221 g/mol. The molecular weight excluding hydrogens is 206 g/mol. The van der Waals surface area contributed by atoms with Crippen LogP contribution < -0.4 is 10.5 Å². The molecule has 2 rings (SSSR count). The molecule has 1 atom stereocenters. The molecule has 0 amide bonds. The van der Waals surface area contributed by atoms with Crippen molar-refractivity contribution in [3.8, 4) is 5.75 Å². The molecule has 1 unspecified atom stereocenters. The Hall–Kier alpha value is -1.55. The van der Waals surface area contributed by atoms with Crippen LogP contribution in [0.25, 0.3) is 0 Å². The summed E-state index contributed by atoms with van der Waals surface area (Å²) in [5, 5.41) is 8.99. The van der Waals surface area contributed by atoms with Crippen molar-refractivity contribution in [2.24, 2.45) is 5.73 Å². The highest BCUT2D eigenvalue weighted by Crippen LogP contribution is 2.28. The van der Waals surface area contributed by atoms with E-state index >= 15 is 0 Å². The van der Waals surface area contributed by atoms with Gasteiger partial charge in [0.05, 0.1) is 12.0 Å². The van der Waals surface area contributed by atoms with Crippen molar-refractivity contribution in [2.45, 2.75) is 24.9 Å². The van der Waals surface area contributed by atoms with Gasteiger partial charge < -0.3 is 15.6 Å². The molecule has 0 aliphatic heterocycles. The van der Waals surface area contributed by atoms with Crippen LogP contribution in [0.15, 0.2) is 24.3 Å². The summed E-state index contributed by atoms with van der Waals surface area (Å²) in [5.41, 5.74) is 6.15. The van der Waals surface area contributed by atoms with E-state index in [4.69, 9.17) is 15.6 Å². The molecule has 16 heavy (non-hydrogen) atoms. The molecule has 1 aliphatic rings. The molecule has 0 heterocycles. The average Bonchev–Trinajstić information content (AvgIpc) is 3.03. The molecule has 0 saturated heterocycles. The second-order valence-electron chi connectivity index (χ2n) is 4.02. The summed E-state index contributed by atoms with van der Waals surface area (Å²) in [5.74, 6) is -0.812. The lowest BCUT2D eigenvalue weighted by atomic mass is 9.99. The normalized spacial score (nSPS) is 16.8. The van der Waals surface area contributed by atoms with E-state index in [-0.39, 0.29) is 6.54 Å². The molecule has 3 N–H and O–H groups in total. The summed E-state index contributed by atoms with van der Waals surface area (Å²) in [4.78, 5) is 11.0. The maximum Gasteiger partial charge on any atom is 0.312 e. The van der Waals surface area contributed by atoms with Crippen molar-refractivity contribution in [3.63, 3.8) is 0 Å². The summed E-state index contributed by atoms with van der Waals surface area (Å²) in [6, 6.07) is 7.19. The van der Waals surface area contributed by atoms with Crippen LogP contribution in [-0.4, -0.2) is 23.7 Å². The fourth-order valence-electron chi connectivity index (χ4n) is 1.56. The van der Waals surface area contributed by atoms with E-state index in [0.29, 0.717) is 11.7 Å². The Morgan fingerprint density at radius 1 is 1.56 bits per heavy atom. The summed E-state index contributed by atoms with van der Waals surface area (Å²) in [6.45, 7) is 0.0994. The summed E-state index contributed by atoms with van der Waals surface area (Å²) < 4.78 is 5.61. The molecule has 1 fully saturated rings. The van der Waals surface area contributed by atoms with Crippen LogP contribution in [0.3, 0.4) is 0 Å². The van der Waals surface area contributed by atoms with E-state index in [2.05, 4.69) is 0 Å². The lowest BCUT2D eigenvalue weighted by Gasteiger charge is -2.12. The van der Waals surface area contributed by atoms with E-state index in [1.54, 1.807) is 18.2 Å². The second-order valence-corrected chi connectivity index (χ2v) is 4.02. The average molecular weight is 221 g/mol. The molecule has 0 radical (unpaired) electrons. The van der Waals surface area contributed by atoms with Gasteiger partial charge in [-0.25, -0.2) is 0 Å². The van der Waals surface area contributed by atoms with E-state index in [9.17, 15) is 4.79 Å². The third kappa shape index (κ3) is 2.52. The Balaban J connectivity index is 2.15. The zero-order valence-electron chi connectivity index (χ0n) is 8.93. The van der Waals surface area contributed by atoms with E-state index in [1.807, 2.05) is 6.07 Å². The molecule has 1 aromatic carbocycles. The Bertz CT molecular complexity index is 388. The molecular formula is C12H15NO3. The SMILES string of the molecule is NCC(C(=O)O)c1cccc(OC2CC2)c1. The number of aliphatic carboxylic acids is 1.